The predicted octanol–water partition coefficient (Wildman–Crippen LogP) is 4.31. The molecule has 0 fully saturated rings. The molecular formula is C13H9Cl2N3. The third-order valence-electron chi connectivity index (χ3n) is 2.22. The first-order valence-electron chi connectivity index (χ1n) is 5.19. The fourth-order valence-electron chi connectivity index (χ4n) is 1.59. The van der Waals surface area contributed by atoms with Gasteiger partial charge in [-0.15, -0.1) is 0 Å². The summed E-state index contributed by atoms with van der Waals surface area (Å²) < 4.78 is 0. The summed E-state index contributed by atoms with van der Waals surface area (Å²) in [4.78, 5) is 4.08. The van der Waals surface area contributed by atoms with Gasteiger partial charge in [-0.25, -0.2) is 4.98 Å². The third-order valence-corrected chi connectivity index (χ3v) is 2.66. The maximum Gasteiger partial charge on any atom is 0.142 e. The molecule has 1 heterocycles. The van der Waals surface area contributed by atoms with Crippen LogP contribution in [0.25, 0.3) is 0 Å². The van der Waals surface area contributed by atoms with Gasteiger partial charge in [0.15, 0.2) is 0 Å². The van der Waals surface area contributed by atoms with Gasteiger partial charge >= 0.3 is 0 Å². The third kappa shape index (κ3) is 3.13. The average Bonchev–Trinajstić information content (AvgIpc) is 2.26. The molecule has 1 aromatic heterocycles. The zero-order chi connectivity index (χ0) is 13.1. The van der Waals surface area contributed by atoms with Gasteiger partial charge in [0.2, 0.25) is 0 Å². The van der Waals surface area contributed by atoms with Gasteiger partial charge in [0.1, 0.15) is 11.8 Å². The lowest BCUT2D eigenvalue weighted by atomic mass is 10.2. The van der Waals surface area contributed by atoms with Crippen molar-refractivity contribution in [1.82, 2.24) is 4.98 Å². The predicted molar refractivity (Wildman–Crippen MR) is 73.4 cm³/mol. The molecule has 5 heteroatoms. The van der Waals surface area contributed by atoms with Crippen molar-refractivity contribution in [3.63, 3.8) is 0 Å². The van der Waals surface area contributed by atoms with Gasteiger partial charge in [-0.05, 0) is 37.3 Å². The van der Waals surface area contributed by atoms with Crippen LogP contribution in [0.5, 0.6) is 0 Å². The van der Waals surface area contributed by atoms with Gasteiger partial charge in [-0.1, -0.05) is 23.2 Å². The number of nitriles is 1. The van der Waals surface area contributed by atoms with E-state index in [9.17, 15) is 0 Å². The van der Waals surface area contributed by atoms with Gasteiger partial charge in [-0.3, -0.25) is 0 Å². The number of pyridine rings is 1. The van der Waals surface area contributed by atoms with Crippen LogP contribution < -0.4 is 5.32 Å². The Labute approximate surface area is 115 Å². The Bertz CT molecular complexity index is 612. The topological polar surface area (TPSA) is 48.7 Å². The molecule has 1 N–H and O–H groups in total. The van der Waals surface area contributed by atoms with Crippen LogP contribution in [0, 0.1) is 18.3 Å². The van der Waals surface area contributed by atoms with Gasteiger partial charge < -0.3 is 5.32 Å². The average molecular weight is 278 g/mol. The second kappa shape index (κ2) is 5.26. The molecule has 0 aliphatic rings. The number of nitrogens with one attached hydrogen (secondary N) is 1. The smallest absolute Gasteiger partial charge is 0.142 e. The molecule has 1 aromatic carbocycles. The lowest BCUT2D eigenvalue weighted by Crippen LogP contribution is -1.94. The lowest BCUT2D eigenvalue weighted by Gasteiger charge is -2.08. The monoisotopic (exact) mass is 277 g/mol. The number of aromatic nitrogens is 1. The Morgan fingerprint density at radius 1 is 1.06 bits per heavy atom. The van der Waals surface area contributed by atoms with Crippen LogP contribution in [0.4, 0.5) is 11.4 Å². The number of rotatable bonds is 2. The number of halogens is 2. The van der Waals surface area contributed by atoms with Crippen molar-refractivity contribution >= 4 is 34.6 Å². The van der Waals surface area contributed by atoms with Crippen molar-refractivity contribution < 1.29 is 0 Å². The Kier molecular flexibility index (Phi) is 3.71. The highest BCUT2D eigenvalue weighted by Crippen LogP contribution is 2.25. The first kappa shape index (κ1) is 12.7. The quantitative estimate of drug-likeness (QED) is 0.890. The largest absolute Gasteiger partial charge is 0.355 e. The minimum Gasteiger partial charge on any atom is -0.355 e. The van der Waals surface area contributed by atoms with E-state index in [1.54, 1.807) is 24.3 Å². The van der Waals surface area contributed by atoms with E-state index in [0.29, 0.717) is 15.7 Å². The van der Waals surface area contributed by atoms with Crippen molar-refractivity contribution in [2.45, 2.75) is 6.92 Å². The van der Waals surface area contributed by atoms with Crippen molar-refractivity contribution in [3.05, 3.63) is 51.8 Å². The Morgan fingerprint density at radius 2 is 1.67 bits per heavy atom. The SMILES string of the molecule is Cc1cc(Nc2cc(Cl)cc(Cl)c2)cc(C#N)n1. The van der Waals surface area contributed by atoms with Gasteiger partial charge in [-0.2, -0.15) is 5.26 Å². The zero-order valence-corrected chi connectivity index (χ0v) is 11.0. The lowest BCUT2D eigenvalue weighted by molar-refractivity contribution is 1.17. The molecule has 0 radical (unpaired) electrons. The van der Waals surface area contributed by atoms with Crippen LogP contribution in [0.15, 0.2) is 30.3 Å². The van der Waals surface area contributed by atoms with E-state index in [1.807, 2.05) is 19.1 Å². The Balaban J connectivity index is 2.34. The minimum atomic E-state index is 0.366. The summed E-state index contributed by atoms with van der Waals surface area (Å²) in [7, 11) is 0. The fraction of sp³-hybridized carbons (Fsp3) is 0.0769. The fourth-order valence-corrected chi connectivity index (χ4v) is 2.12. The number of hydrogen-bond acceptors (Lipinski definition) is 3. The molecule has 2 rings (SSSR count). The molecule has 0 bridgehead atoms. The van der Waals surface area contributed by atoms with E-state index < -0.39 is 0 Å². The number of hydrogen-bond donors (Lipinski definition) is 1. The number of benzene rings is 1. The molecule has 0 saturated carbocycles. The van der Waals surface area contributed by atoms with E-state index in [4.69, 9.17) is 28.5 Å². The van der Waals surface area contributed by atoms with Crippen LogP contribution in [0.2, 0.25) is 10.0 Å². The van der Waals surface area contributed by atoms with E-state index in [0.717, 1.165) is 17.1 Å². The molecular weight excluding hydrogens is 269 g/mol. The number of aryl methyl sites for hydroxylation is 1. The van der Waals surface area contributed by atoms with E-state index in [-0.39, 0.29) is 0 Å². The van der Waals surface area contributed by atoms with Gasteiger partial charge in [0.05, 0.1) is 0 Å². The highest BCUT2D eigenvalue weighted by atomic mass is 35.5. The summed E-state index contributed by atoms with van der Waals surface area (Å²) >= 11 is 11.8. The summed E-state index contributed by atoms with van der Waals surface area (Å²) in [5, 5.41) is 13.1. The molecule has 2 aromatic rings. The minimum absolute atomic E-state index is 0.366. The van der Waals surface area contributed by atoms with E-state index in [2.05, 4.69) is 10.3 Å². The van der Waals surface area contributed by atoms with Crippen LogP contribution in [-0.2, 0) is 0 Å². The Morgan fingerprint density at radius 3 is 2.28 bits per heavy atom. The Hall–Kier alpha value is -1.76. The van der Waals surface area contributed by atoms with Crippen molar-refractivity contribution in [2.75, 3.05) is 5.32 Å². The molecule has 90 valence electrons. The van der Waals surface area contributed by atoms with Crippen LogP contribution in [0.3, 0.4) is 0 Å². The van der Waals surface area contributed by atoms with Crippen LogP contribution in [-0.4, -0.2) is 4.98 Å². The summed E-state index contributed by atoms with van der Waals surface area (Å²) in [6.07, 6.45) is 0. The van der Waals surface area contributed by atoms with Crippen molar-refractivity contribution in [2.24, 2.45) is 0 Å². The zero-order valence-electron chi connectivity index (χ0n) is 9.54. The molecule has 0 saturated heterocycles. The summed E-state index contributed by atoms with van der Waals surface area (Å²) in [6.45, 7) is 1.83. The summed E-state index contributed by atoms with van der Waals surface area (Å²) in [5.41, 5.74) is 2.68. The standard InChI is InChI=1S/C13H9Cl2N3/c1-8-2-11(6-13(7-16)17-8)18-12-4-9(14)3-10(15)5-12/h2-6H,1H3,(H,17,18). The second-order valence-electron chi connectivity index (χ2n) is 3.78. The molecule has 0 amide bonds. The van der Waals surface area contributed by atoms with Crippen LogP contribution >= 0.6 is 23.2 Å². The highest BCUT2D eigenvalue weighted by Gasteiger charge is 2.02. The molecule has 0 spiro atoms. The first-order chi connectivity index (χ1) is 8.56. The molecule has 0 atom stereocenters. The molecule has 0 unspecified atom stereocenters. The normalized spacial score (nSPS) is 9.89. The maximum atomic E-state index is 8.86. The van der Waals surface area contributed by atoms with Crippen molar-refractivity contribution in [3.8, 4) is 6.07 Å². The number of anilines is 2. The van der Waals surface area contributed by atoms with E-state index in [1.165, 1.54) is 0 Å². The summed E-state index contributed by atoms with van der Waals surface area (Å²) in [5.74, 6) is 0. The van der Waals surface area contributed by atoms with Crippen LogP contribution in [0.1, 0.15) is 11.4 Å². The summed E-state index contributed by atoms with van der Waals surface area (Å²) in [6, 6.07) is 10.7. The van der Waals surface area contributed by atoms with E-state index >= 15 is 0 Å². The molecule has 18 heavy (non-hydrogen) atoms. The first-order valence-corrected chi connectivity index (χ1v) is 5.94. The van der Waals surface area contributed by atoms with Gasteiger partial charge in [0, 0.05) is 27.1 Å². The molecule has 0 aliphatic heterocycles. The highest BCUT2D eigenvalue weighted by molar-refractivity contribution is 6.35. The van der Waals surface area contributed by atoms with Gasteiger partial charge in [0.25, 0.3) is 0 Å². The van der Waals surface area contributed by atoms with Crippen molar-refractivity contribution in [1.29, 1.82) is 5.26 Å². The maximum absolute atomic E-state index is 8.86. The molecule has 3 nitrogen and oxygen atoms in total. The molecule has 0 aliphatic carbocycles. The second-order valence-corrected chi connectivity index (χ2v) is 4.65. The number of nitrogens with zero attached hydrogens (tertiary/aromatic N) is 2.